The summed E-state index contributed by atoms with van der Waals surface area (Å²) in [6.07, 6.45) is 0. The van der Waals surface area contributed by atoms with Crippen LogP contribution in [0.4, 0.5) is 5.82 Å². The Morgan fingerprint density at radius 3 is 2.33 bits per heavy atom. The van der Waals surface area contributed by atoms with Crippen molar-refractivity contribution in [3.8, 4) is 0 Å². The van der Waals surface area contributed by atoms with Crippen molar-refractivity contribution >= 4 is 35.8 Å². The molecule has 0 aliphatic carbocycles. The number of nitrogens with one attached hydrogen (secondary N) is 2. The standard InChI is InChI=1S/C18H25N5.HI/c1-14-8-10-15(11-9-14)12-20-18(19-2)21-13-16-6-5-7-17(22-16)23(3)4;/h5-11H,12-13H2,1-4H3,(H2,19,20,21);1H. The number of guanidine groups is 1. The van der Waals surface area contributed by atoms with Crippen molar-refractivity contribution in [2.45, 2.75) is 20.0 Å². The van der Waals surface area contributed by atoms with E-state index in [2.05, 4.69) is 51.8 Å². The molecule has 2 N–H and O–H groups in total. The summed E-state index contributed by atoms with van der Waals surface area (Å²) in [5, 5.41) is 6.60. The Morgan fingerprint density at radius 2 is 1.71 bits per heavy atom. The van der Waals surface area contributed by atoms with Crippen molar-refractivity contribution in [2.75, 3.05) is 26.0 Å². The lowest BCUT2D eigenvalue weighted by atomic mass is 10.1. The number of aliphatic imine (C=N–C) groups is 1. The zero-order chi connectivity index (χ0) is 16.7. The van der Waals surface area contributed by atoms with E-state index in [1.807, 2.05) is 37.2 Å². The van der Waals surface area contributed by atoms with Gasteiger partial charge in [0, 0.05) is 27.7 Å². The molecule has 6 heteroatoms. The lowest BCUT2D eigenvalue weighted by Gasteiger charge is -2.14. The van der Waals surface area contributed by atoms with Crippen LogP contribution in [0.25, 0.3) is 0 Å². The first-order valence-electron chi connectivity index (χ1n) is 7.72. The van der Waals surface area contributed by atoms with Crippen LogP contribution in [-0.4, -0.2) is 32.1 Å². The van der Waals surface area contributed by atoms with Crippen molar-refractivity contribution in [3.63, 3.8) is 0 Å². The third kappa shape index (κ3) is 6.35. The second-order valence-electron chi connectivity index (χ2n) is 5.65. The van der Waals surface area contributed by atoms with Crippen LogP contribution in [0.2, 0.25) is 0 Å². The first kappa shape index (κ1) is 20.2. The summed E-state index contributed by atoms with van der Waals surface area (Å²) in [4.78, 5) is 10.8. The Labute approximate surface area is 161 Å². The minimum absolute atomic E-state index is 0. The lowest BCUT2D eigenvalue weighted by molar-refractivity contribution is 0.793. The van der Waals surface area contributed by atoms with Gasteiger partial charge in [0.05, 0.1) is 12.2 Å². The zero-order valence-electron chi connectivity index (χ0n) is 14.7. The van der Waals surface area contributed by atoms with Gasteiger partial charge in [-0.15, -0.1) is 24.0 Å². The van der Waals surface area contributed by atoms with Gasteiger partial charge >= 0.3 is 0 Å². The van der Waals surface area contributed by atoms with Crippen LogP contribution in [0.3, 0.4) is 0 Å². The fourth-order valence-electron chi connectivity index (χ4n) is 2.10. The maximum Gasteiger partial charge on any atom is 0.191 e. The molecule has 0 bridgehead atoms. The number of pyridine rings is 1. The molecular formula is C18H26IN5. The van der Waals surface area contributed by atoms with E-state index >= 15 is 0 Å². The number of aryl methyl sites for hydroxylation is 1. The van der Waals surface area contributed by atoms with E-state index in [1.165, 1.54) is 11.1 Å². The molecule has 2 aromatic rings. The van der Waals surface area contributed by atoms with Gasteiger partial charge in [0.2, 0.25) is 0 Å². The predicted octanol–water partition coefficient (Wildman–Crippen LogP) is 2.94. The maximum absolute atomic E-state index is 4.59. The smallest absolute Gasteiger partial charge is 0.191 e. The fourth-order valence-corrected chi connectivity index (χ4v) is 2.10. The van der Waals surface area contributed by atoms with Crippen molar-refractivity contribution in [1.29, 1.82) is 0 Å². The Bertz CT molecular complexity index is 653. The highest BCUT2D eigenvalue weighted by atomic mass is 127. The Kier molecular flexibility index (Phi) is 8.53. The lowest BCUT2D eigenvalue weighted by Crippen LogP contribution is -2.36. The minimum Gasteiger partial charge on any atom is -0.363 e. The quantitative estimate of drug-likeness (QED) is 0.428. The number of hydrogen-bond acceptors (Lipinski definition) is 3. The molecule has 1 heterocycles. The minimum atomic E-state index is 0. The number of benzene rings is 1. The van der Waals surface area contributed by atoms with Crippen LogP contribution in [0.15, 0.2) is 47.5 Å². The van der Waals surface area contributed by atoms with Gasteiger partial charge in [0.25, 0.3) is 0 Å². The largest absolute Gasteiger partial charge is 0.363 e. The summed E-state index contributed by atoms with van der Waals surface area (Å²) in [6, 6.07) is 14.5. The molecule has 0 aliphatic rings. The molecule has 0 aliphatic heterocycles. The molecule has 1 aromatic heterocycles. The van der Waals surface area contributed by atoms with Crippen LogP contribution < -0.4 is 15.5 Å². The number of rotatable bonds is 5. The molecular weight excluding hydrogens is 413 g/mol. The Morgan fingerprint density at radius 1 is 1.04 bits per heavy atom. The van der Waals surface area contributed by atoms with Crippen molar-refractivity contribution in [1.82, 2.24) is 15.6 Å². The fraction of sp³-hybridized carbons (Fsp3) is 0.333. The third-order valence-electron chi connectivity index (χ3n) is 3.49. The summed E-state index contributed by atoms with van der Waals surface area (Å²) >= 11 is 0. The maximum atomic E-state index is 4.59. The number of hydrogen-bond donors (Lipinski definition) is 2. The molecule has 0 radical (unpaired) electrons. The molecule has 0 fully saturated rings. The molecule has 0 amide bonds. The van der Waals surface area contributed by atoms with E-state index in [0.29, 0.717) is 6.54 Å². The summed E-state index contributed by atoms with van der Waals surface area (Å²) in [5.74, 6) is 1.72. The van der Waals surface area contributed by atoms with Gasteiger partial charge in [-0.25, -0.2) is 4.98 Å². The monoisotopic (exact) mass is 439 g/mol. The highest BCUT2D eigenvalue weighted by molar-refractivity contribution is 14.0. The van der Waals surface area contributed by atoms with Crippen LogP contribution in [0, 0.1) is 6.92 Å². The van der Waals surface area contributed by atoms with E-state index in [0.717, 1.165) is 24.0 Å². The predicted molar refractivity (Wildman–Crippen MR) is 112 cm³/mol. The second kappa shape index (κ2) is 10.1. The van der Waals surface area contributed by atoms with Crippen LogP contribution in [-0.2, 0) is 13.1 Å². The van der Waals surface area contributed by atoms with Crippen molar-refractivity contribution in [3.05, 3.63) is 59.3 Å². The topological polar surface area (TPSA) is 52.6 Å². The SMILES string of the molecule is CN=C(NCc1ccc(C)cc1)NCc1cccc(N(C)C)n1.I. The molecule has 0 saturated carbocycles. The average molecular weight is 439 g/mol. The molecule has 0 unspecified atom stereocenters. The molecule has 0 saturated heterocycles. The molecule has 0 spiro atoms. The molecule has 1 aromatic carbocycles. The normalized spacial score (nSPS) is 10.8. The average Bonchev–Trinajstić information content (AvgIpc) is 2.57. The zero-order valence-corrected chi connectivity index (χ0v) is 17.0. The van der Waals surface area contributed by atoms with Gasteiger partial charge in [-0.3, -0.25) is 4.99 Å². The summed E-state index contributed by atoms with van der Waals surface area (Å²) in [7, 11) is 5.75. The van der Waals surface area contributed by atoms with E-state index in [9.17, 15) is 0 Å². The highest BCUT2D eigenvalue weighted by Gasteiger charge is 2.02. The summed E-state index contributed by atoms with van der Waals surface area (Å²) in [5.41, 5.74) is 3.48. The highest BCUT2D eigenvalue weighted by Crippen LogP contribution is 2.07. The van der Waals surface area contributed by atoms with E-state index in [-0.39, 0.29) is 24.0 Å². The van der Waals surface area contributed by atoms with E-state index in [4.69, 9.17) is 0 Å². The van der Waals surface area contributed by atoms with Gasteiger partial charge in [0.1, 0.15) is 5.82 Å². The third-order valence-corrected chi connectivity index (χ3v) is 3.49. The van der Waals surface area contributed by atoms with Gasteiger partial charge in [-0.1, -0.05) is 35.9 Å². The summed E-state index contributed by atoms with van der Waals surface area (Å²) in [6.45, 7) is 3.47. The Balaban J connectivity index is 0.00000288. The number of halogens is 1. The molecule has 130 valence electrons. The molecule has 0 atom stereocenters. The van der Waals surface area contributed by atoms with Gasteiger partial charge in [-0.05, 0) is 24.6 Å². The second-order valence-corrected chi connectivity index (χ2v) is 5.65. The van der Waals surface area contributed by atoms with E-state index in [1.54, 1.807) is 7.05 Å². The van der Waals surface area contributed by atoms with Crippen LogP contribution in [0.5, 0.6) is 0 Å². The van der Waals surface area contributed by atoms with Crippen molar-refractivity contribution < 1.29 is 0 Å². The number of anilines is 1. The van der Waals surface area contributed by atoms with E-state index < -0.39 is 0 Å². The first-order valence-corrected chi connectivity index (χ1v) is 7.72. The first-order chi connectivity index (χ1) is 11.1. The Hall–Kier alpha value is -1.83. The molecule has 24 heavy (non-hydrogen) atoms. The van der Waals surface area contributed by atoms with Gasteiger partial charge in [-0.2, -0.15) is 0 Å². The van der Waals surface area contributed by atoms with Gasteiger partial charge in [0.15, 0.2) is 5.96 Å². The number of nitrogens with zero attached hydrogens (tertiary/aromatic N) is 3. The van der Waals surface area contributed by atoms with Gasteiger partial charge < -0.3 is 15.5 Å². The van der Waals surface area contributed by atoms with Crippen LogP contribution >= 0.6 is 24.0 Å². The molecule has 2 rings (SSSR count). The van der Waals surface area contributed by atoms with Crippen LogP contribution in [0.1, 0.15) is 16.8 Å². The molecule has 5 nitrogen and oxygen atoms in total. The number of aromatic nitrogens is 1. The van der Waals surface area contributed by atoms with Crippen molar-refractivity contribution in [2.24, 2.45) is 4.99 Å². The summed E-state index contributed by atoms with van der Waals surface area (Å²) < 4.78 is 0.